The summed E-state index contributed by atoms with van der Waals surface area (Å²) in [6.45, 7) is 2.10. The Labute approximate surface area is 198 Å². The standard InChI is InChI=1S/C31H26Si/c1-25-13-11-21-30(23-25)32(28-17-7-3-8-18-28,29-19-9-4-10-20-29)31-22-12-16-27(24-31)26-14-5-2-6-15-26/h2-24H,1H3/i2D,5D,6D,14D,15D. The molecule has 0 heterocycles. The van der Waals surface area contributed by atoms with Gasteiger partial charge in [-0.2, -0.15) is 0 Å². The lowest BCUT2D eigenvalue weighted by molar-refractivity contribution is 1.49. The third-order valence-corrected chi connectivity index (χ3v) is 10.7. The van der Waals surface area contributed by atoms with E-state index in [4.69, 9.17) is 6.85 Å². The second-order valence-corrected chi connectivity index (χ2v) is 11.7. The largest absolute Gasteiger partial charge is 0.179 e. The predicted molar refractivity (Wildman–Crippen MR) is 140 cm³/mol. The van der Waals surface area contributed by atoms with Gasteiger partial charge in [0.1, 0.15) is 0 Å². The van der Waals surface area contributed by atoms with Gasteiger partial charge in [0.2, 0.25) is 0 Å². The molecule has 0 spiro atoms. The molecule has 0 atom stereocenters. The van der Waals surface area contributed by atoms with Gasteiger partial charge in [0.15, 0.2) is 8.07 Å². The zero-order chi connectivity index (χ0) is 26.2. The van der Waals surface area contributed by atoms with Crippen molar-refractivity contribution in [3.8, 4) is 11.1 Å². The van der Waals surface area contributed by atoms with E-state index < -0.39 is 8.07 Å². The minimum absolute atomic E-state index is 0.189. The number of rotatable bonds is 5. The zero-order valence-corrected chi connectivity index (χ0v) is 18.9. The van der Waals surface area contributed by atoms with Crippen LogP contribution in [0.5, 0.6) is 0 Å². The van der Waals surface area contributed by atoms with E-state index in [0.29, 0.717) is 5.56 Å². The monoisotopic (exact) mass is 431 g/mol. The average Bonchev–Trinajstić information content (AvgIpc) is 2.93. The minimum atomic E-state index is -2.82. The van der Waals surface area contributed by atoms with Crippen LogP contribution in [0.1, 0.15) is 12.4 Å². The second-order valence-electron chi connectivity index (χ2n) is 7.93. The first kappa shape index (κ1) is 15.2. The summed E-state index contributed by atoms with van der Waals surface area (Å²) >= 11 is 0. The first-order valence-electron chi connectivity index (χ1n) is 13.2. The number of hydrogen-bond donors (Lipinski definition) is 0. The van der Waals surface area contributed by atoms with Crippen LogP contribution in [0.4, 0.5) is 0 Å². The molecule has 0 aromatic heterocycles. The summed E-state index contributed by atoms with van der Waals surface area (Å²) < 4.78 is 41.5. The summed E-state index contributed by atoms with van der Waals surface area (Å²) in [6.07, 6.45) is 0. The molecule has 0 amide bonds. The van der Waals surface area contributed by atoms with E-state index in [1.807, 2.05) is 30.3 Å². The summed E-state index contributed by atoms with van der Waals surface area (Å²) in [4.78, 5) is 0. The highest BCUT2D eigenvalue weighted by molar-refractivity contribution is 7.19. The van der Waals surface area contributed by atoms with E-state index in [2.05, 4.69) is 85.8 Å². The van der Waals surface area contributed by atoms with E-state index in [1.54, 1.807) is 0 Å². The van der Waals surface area contributed by atoms with Gasteiger partial charge in [-0.15, -0.1) is 0 Å². The summed E-state index contributed by atoms with van der Waals surface area (Å²) in [6, 6.07) is 36.2. The predicted octanol–water partition coefficient (Wildman–Crippen LogP) is 5.04. The van der Waals surface area contributed by atoms with Gasteiger partial charge in [-0.1, -0.05) is 145 Å². The average molecular weight is 432 g/mol. The van der Waals surface area contributed by atoms with Crippen LogP contribution in [0, 0.1) is 6.92 Å². The second kappa shape index (κ2) is 8.82. The molecule has 0 N–H and O–H groups in total. The summed E-state index contributed by atoms with van der Waals surface area (Å²) in [5.74, 6) is 0. The van der Waals surface area contributed by atoms with Gasteiger partial charge in [0.25, 0.3) is 0 Å². The molecule has 0 aliphatic heterocycles. The highest BCUT2D eigenvalue weighted by atomic mass is 28.3. The van der Waals surface area contributed by atoms with Crippen molar-refractivity contribution < 1.29 is 6.85 Å². The van der Waals surface area contributed by atoms with Crippen molar-refractivity contribution in [1.82, 2.24) is 0 Å². The maximum Gasteiger partial charge on any atom is 0.179 e. The van der Waals surface area contributed by atoms with Crippen molar-refractivity contribution in [3.05, 3.63) is 145 Å². The molecule has 0 saturated heterocycles. The quantitative estimate of drug-likeness (QED) is 0.270. The van der Waals surface area contributed by atoms with Crippen LogP contribution in [0.3, 0.4) is 0 Å². The lowest BCUT2D eigenvalue weighted by atomic mass is 10.1. The van der Waals surface area contributed by atoms with Crippen LogP contribution in [0.15, 0.2) is 139 Å². The van der Waals surface area contributed by atoms with Gasteiger partial charge < -0.3 is 0 Å². The van der Waals surface area contributed by atoms with Gasteiger partial charge in [0, 0.05) is 0 Å². The van der Waals surface area contributed by atoms with E-state index in [-0.39, 0.29) is 35.8 Å². The van der Waals surface area contributed by atoms with Crippen molar-refractivity contribution in [1.29, 1.82) is 0 Å². The normalized spacial score (nSPS) is 13.5. The molecule has 5 rings (SSSR count). The fraction of sp³-hybridized carbons (Fsp3) is 0.0323. The molecule has 0 unspecified atom stereocenters. The summed E-state index contributed by atoms with van der Waals surface area (Å²) in [5.41, 5.74) is 2.01. The van der Waals surface area contributed by atoms with Crippen LogP contribution in [0.25, 0.3) is 11.1 Å². The zero-order valence-electron chi connectivity index (χ0n) is 22.9. The molecule has 1 heteroatoms. The molecule has 0 saturated carbocycles. The molecular formula is C31H26Si. The smallest absolute Gasteiger partial charge is 0.0623 e. The van der Waals surface area contributed by atoms with Gasteiger partial charge in [-0.25, -0.2) is 0 Å². The Morgan fingerprint density at radius 2 is 1.03 bits per heavy atom. The number of aryl methyl sites for hydroxylation is 1. The van der Waals surface area contributed by atoms with Gasteiger partial charge in [-0.05, 0) is 38.8 Å². The Bertz CT molecular complexity index is 1510. The molecule has 0 nitrogen and oxygen atoms in total. The van der Waals surface area contributed by atoms with E-state index >= 15 is 0 Å². The summed E-state index contributed by atoms with van der Waals surface area (Å²) in [5, 5.41) is 4.73. The van der Waals surface area contributed by atoms with Crippen LogP contribution < -0.4 is 20.7 Å². The Balaban J connectivity index is 1.89. The molecule has 0 bridgehead atoms. The Hall–Kier alpha value is -3.68. The van der Waals surface area contributed by atoms with Crippen molar-refractivity contribution in [2.75, 3.05) is 0 Å². The Morgan fingerprint density at radius 3 is 1.62 bits per heavy atom. The molecule has 0 aliphatic carbocycles. The topological polar surface area (TPSA) is 0 Å². The van der Waals surface area contributed by atoms with Crippen LogP contribution >= 0.6 is 0 Å². The van der Waals surface area contributed by atoms with Gasteiger partial charge in [0.05, 0.1) is 6.85 Å². The lowest BCUT2D eigenvalue weighted by Gasteiger charge is -2.35. The SMILES string of the molecule is [2H]c1c([2H])c([2H])c(-c2cccc([Si](c3ccccc3)(c3ccccc3)c3cccc(C)c3)c2)c([2H])c1[2H]. The number of hydrogen-bond acceptors (Lipinski definition) is 0. The van der Waals surface area contributed by atoms with Gasteiger partial charge in [-0.3, -0.25) is 0 Å². The van der Waals surface area contributed by atoms with Crippen LogP contribution in [-0.2, 0) is 0 Å². The van der Waals surface area contributed by atoms with Crippen molar-refractivity contribution in [2.45, 2.75) is 6.92 Å². The summed E-state index contributed by atoms with van der Waals surface area (Å²) in [7, 11) is -2.82. The fourth-order valence-corrected chi connectivity index (χ4v) is 9.45. The van der Waals surface area contributed by atoms with E-state index in [1.165, 1.54) is 21.1 Å². The van der Waals surface area contributed by atoms with Crippen LogP contribution in [0.2, 0.25) is 0 Å². The highest BCUT2D eigenvalue weighted by Crippen LogP contribution is 2.19. The van der Waals surface area contributed by atoms with E-state index in [9.17, 15) is 0 Å². The molecule has 0 radical (unpaired) electrons. The van der Waals surface area contributed by atoms with Crippen molar-refractivity contribution in [3.63, 3.8) is 0 Å². The molecule has 0 aliphatic rings. The molecule has 0 fully saturated rings. The first-order valence-corrected chi connectivity index (χ1v) is 12.7. The third kappa shape index (κ3) is 3.61. The molecule has 32 heavy (non-hydrogen) atoms. The number of benzene rings is 5. The lowest BCUT2D eigenvalue weighted by Crippen LogP contribution is -2.74. The fourth-order valence-electron chi connectivity index (χ4n) is 4.56. The molecule has 154 valence electrons. The molecule has 5 aromatic rings. The maximum atomic E-state index is 8.56. The van der Waals surface area contributed by atoms with Gasteiger partial charge >= 0.3 is 0 Å². The van der Waals surface area contributed by atoms with Crippen molar-refractivity contribution in [2.24, 2.45) is 0 Å². The third-order valence-electron chi connectivity index (χ3n) is 5.95. The molecule has 5 aromatic carbocycles. The van der Waals surface area contributed by atoms with Crippen molar-refractivity contribution >= 4 is 28.8 Å². The molecular weight excluding hydrogens is 400 g/mol. The highest BCUT2D eigenvalue weighted by Gasteiger charge is 2.41. The van der Waals surface area contributed by atoms with E-state index in [0.717, 1.165) is 5.19 Å². The Morgan fingerprint density at radius 1 is 0.500 bits per heavy atom. The first-order chi connectivity index (χ1) is 17.9. The maximum absolute atomic E-state index is 8.56. The minimum Gasteiger partial charge on any atom is -0.0623 e. The Kier molecular flexibility index (Phi) is 4.18. The van der Waals surface area contributed by atoms with Crippen LogP contribution in [-0.4, -0.2) is 8.07 Å².